The molecule has 2 saturated heterocycles. The summed E-state index contributed by atoms with van der Waals surface area (Å²) in [4.78, 5) is 50.2. The van der Waals surface area contributed by atoms with Gasteiger partial charge in [0.2, 0.25) is 11.8 Å². The van der Waals surface area contributed by atoms with Crippen LogP contribution in [0.25, 0.3) is 11.1 Å². The highest BCUT2D eigenvalue weighted by Crippen LogP contribution is 2.31. The van der Waals surface area contributed by atoms with Gasteiger partial charge in [-0.3, -0.25) is 19.4 Å². The average molecular weight is 513 g/mol. The van der Waals surface area contributed by atoms with Crippen molar-refractivity contribution in [2.45, 2.75) is 52.1 Å². The number of hydrogen-bond donors (Lipinski definition) is 2. The van der Waals surface area contributed by atoms with Gasteiger partial charge >= 0.3 is 12.2 Å². The first-order chi connectivity index (χ1) is 17.5. The maximum Gasteiger partial charge on any atom is 0.415 e. The van der Waals surface area contributed by atoms with Crippen LogP contribution in [0, 0.1) is 5.82 Å². The van der Waals surface area contributed by atoms with Crippen molar-refractivity contribution >= 4 is 29.7 Å². The molecule has 0 aliphatic carbocycles. The number of rotatable bonds is 8. The van der Waals surface area contributed by atoms with Gasteiger partial charge in [-0.15, -0.1) is 0 Å². The lowest BCUT2D eigenvalue weighted by Gasteiger charge is -2.48. The molecule has 196 valence electrons. The number of nitrogens with zero attached hydrogens (tertiary/aromatic N) is 2. The van der Waals surface area contributed by atoms with Crippen LogP contribution in [0.3, 0.4) is 0 Å². The van der Waals surface area contributed by atoms with Crippen LogP contribution in [0.2, 0.25) is 0 Å². The number of carbonyl (C=O) groups excluding carboxylic acids is 4. The third-order valence-corrected chi connectivity index (χ3v) is 6.33. The number of anilines is 1. The molecule has 11 heteroatoms. The zero-order valence-electron chi connectivity index (χ0n) is 21.0. The van der Waals surface area contributed by atoms with Gasteiger partial charge in [0.05, 0.1) is 18.8 Å². The summed E-state index contributed by atoms with van der Waals surface area (Å²) >= 11 is 0. The number of carbonyl (C=O) groups is 4. The minimum Gasteiger partial charge on any atom is -0.442 e. The molecule has 2 N–H and O–H groups in total. The molecule has 2 aliphatic rings. The van der Waals surface area contributed by atoms with Gasteiger partial charge < -0.3 is 20.1 Å². The van der Waals surface area contributed by atoms with Gasteiger partial charge in [-0.2, -0.15) is 0 Å². The van der Waals surface area contributed by atoms with Gasteiger partial charge in [-0.05, 0) is 50.1 Å². The van der Waals surface area contributed by atoms with E-state index in [2.05, 4.69) is 10.6 Å². The molecule has 37 heavy (non-hydrogen) atoms. The zero-order valence-corrected chi connectivity index (χ0v) is 21.0. The highest BCUT2D eigenvalue weighted by Gasteiger charge is 2.50. The van der Waals surface area contributed by atoms with Crippen LogP contribution < -0.4 is 15.5 Å². The molecular weight excluding hydrogens is 483 g/mol. The molecule has 2 aliphatic heterocycles. The van der Waals surface area contributed by atoms with Crippen LogP contribution in [0.4, 0.5) is 19.7 Å². The molecule has 0 unspecified atom stereocenters. The summed E-state index contributed by atoms with van der Waals surface area (Å²) < 4.78 is 25.3. The summed E-state index contributed by atoms with van der Waals surface area (Å²) in [6, 6.07) is 10.9. The molecule has 2 fully saturated rings. The smallest absolute Gasteiger partial charge is 0.415 e. The van der Waals surface area contributed by atoms with E-state index in [-0.39, 0.29) is 31.4 Å². The van der Waals surface area contributed by atoms with Gasteiger partial charge in [-0.1, -0.05) is 24.3 Å². The standard InChI is InChI=1S/C26H29FN4O6/c1-15(31-25(35)37-26(31,3)4)23(33)29-12-17-5-7-18(8-6-17)21-10-9-19(11-22(21)27)30-14-20(36-24(30)34)13-28-16(2)32/h5-11,15,20H,12-14H2,1-4H3,(H,28,32)(H,29,33)/t15-,20+/m1/s1. The van der Waals surface area contributed by atoms with Crippen molar-refractivity contribution in [3.63, 3.8) is 0 Å². The normalized spacial score (nSPS) is 19.0. The van der Waals surface area contributed by atoms with Gasteiger partial charge in [0.1, 0.15) is 18.0 Å². The van der Waals surface area contributed by atoms with Crippen molar-refractivity contribution in [3.05, 3.63) is 53.8 Å². The van der Waals surface area contributed by atoms with Crippen molar-refractivity contribution in [2.24, 2.45) is 0 Å². The largest absolute Gasteiger partial charge is 0.442 e. The van der Waals surface area contributed by atoms with E-state index in [1.54, 1.807) is 57.2 Å². The SMILES string of the molecule is CC(=O)NC[C@H]1CN(c2ccc(-c3ccc(CNC(=O)[C@@H](C)N4C(=O)OC4(C)C)cc3)c(F)c2)C(=O)O1. The summed E-state index contributed by atoms with van der Waals surface area (Å²) in [6.45, 7) is 7.07. The second-order valence-corrected chi connectivity index (χ2v) is 9.49. The minimum atomic E-state index is -0.821. The first-order valence-electron chi connectivity index (χ1n) is 11.9. The Labute approximate surface area is 213 Å². The van der Waals surface area contributed by atoms with Crippen molar-refractivity contribution < 1.29 is 33.0 Å². The first kappa shape index (κ1) is 25.9. The van der Waals surface area contributed by atoms with E-state index in [1.807, 2.05) is 0 Å². The maximum atomic E-state index is 15.0. The molecule has 0 aromatic heterocycles. The van der Waals surface area contributed by atoms with Crippen LogP contribution in [-0.4, -0.2) is 59.9 Å². The quantitative estimate of drug-likeness (QED) is 0.561. The molecule has 2 heterocycles. The summed E-state index contributed by atoms with van der Waals surface area (Å²) in [7, 11) is 0. The van der Waals surface area contributed by atoms with Crippen LogP contribution >= 0.6 is 0 Å². The molecule has 0 saturated carbocycles. The molecule has 2 atom stereocenters. The summed E-state index contributed by atoms with van der Waals surface area (Å²) in [5, 5.41) is 5.40. The van der Waals surface area contributed by atoms with E-state index >= 15 is 0 Å². The number of amides is 4. The number of ether oxygens (including phenoxy) is 2. The molecule has 0 radical (unpaired) electrons. The number of benzene rings is 2. The highest BCUT2D eigenvalue weighted by molar-refractivity contribution is 5.90. The Balaban J connectivity index is 1.36. The van der Waals surface area contributed by atoms with E-state index in [1.165, 1.54) is 22.8 Å². The predicted octanol–water partition coefficient (Wildman–Crippen LogP) is 3.15. The van der Waals surface area contributed by atoms with Crippen LogP contribution in [-0.2, 0) is 25.6 Å². The second kappa shape index (κ2) is 10.1. The van der Waals surface area contributed by atoms with E-state index in [9.17, 15) is 23.6 Å². The Hall–Kier alpha value is -4.15. The monoisotopic (exact) mass is 512 g/mol. The van der Waals surface area contributed by atoms with Crippen molar-refractivity contribution in [1.29, 1.82) is 0 Å². The Kier molecular flexibility index (Phi) is 7.06. The first-order valence-corrected chi connectivity index (χ1v) is 11.9. The number of cyclic esters (lactones) is 2. The second-order valence-electron chi connectivity index (χ2n) is 9.49. The molecule has 4 rings (SSSR count). The van der Waals surface area contributed by atoms with Crippen molar-refractivity contribution in [2.75, 3.05) is 18.0 Å². The molecule has 0 bridgehead atoms. The van der Waals surface area contributed by atoms with Gasteiger partial charge in [0.25, 0.3) is 0 Å². The van der Waals surface area contributed by atoms with Crippen LogP contribution in [0.5, 0.6) is 0 Å². The lowest BCUT2D eigenvalue weighted by molar-refractivity contribution is -0.182. The number of nitrogens with one attached hydrogen (secondary N) is 2. The fourth-order valence-corrected chi connectivity index (χ4v) is 4.38. The average Bonchev–Trinajstić information content (AvgIpc) is 3.21. The fourth-order valence-electron chi connectivity index (χ4n) is 4.38. The number of hydrogen-bond acceptors (Lipinski definition) is 6. The predicted molar refractivity (Wildman–Crippen MR) is 132 cm³/mol. The van der Waals surface area contributed by atoms with Crippen molar-refractivity contribution in [1.82, 2.24) is 15.5 Å². The fraction of sp³-hybridized carbons (Fsp3) is 0.385. The van der Waals surface area contributed by atoms with E-state index in [0.29, 0.717) is 16.8 Å². The molecule has 10 nitrogen and oxygen atoms in total. The highest BCUT2D eigenvalue weighted by atomic mass is 19.1. The topological polar surface area (TPSA) is 117 Å². The molecule has 2 aromatic rings. The molecule has 0 spiro atoms. The van der Waals surface area contributed by atoms with E-state index < -0.39 is 35.9 Å². The summed E-state index contributed by atoms with van der Waals surface area (Å²) in [5.41, 5.74) is 1.33. The van der Waals surface area contributed by atoms with Crippen molar-refractivity contribution in [3.8, 4) is 11.1 Å². The van der Waals surface area contributed by atoms with Gasteiger partial charge in [0.15, 0.2) is 5.72 Å². The zero-order chi connectivity index (χ0) is 26.9. The van der Waals surface area contributed by atoms with Crippen LogP contribution in [0.15, 0.2) is 42.5 Å². The minimum absolute atomic E-state index is 0.187. The third kappa shape index (κ3) is 5.50. The Bertz CT molecular complexity index is 1230. The Morgan fingerprint density at radius 1 is 1.11 bits per heavy atom. The summed E-state index contributed by atoms with van der Waals surface area (Å²) in [6.07, 6.45) is -1.64. The summed E-state index contributed by atoms with van der Waals surface area (Å²) in [5.74, 6) is -1.04. The Morgan fingerprint density at radius 3 is 2.41 bits per heavy atom. The van der Waals surface area contributed by atoms with E-state index in [4.69, 9.17) is 9.47 Å². The molecular formula is C26H29FN4O6. The van der Waals surface area contributed by atoms with Gasteiger partial charge in [-0.25, -0.2) is 14.0 Å². The van der Waals surface area contributed by atoms with E-state index in [0.717, 1.165) is 5.56 Å². The lowest BCUT2D eigenvalue weighted by Crippen LogP contribution is -2.67. The lowest BCUT2D eigenvalue weighted by atomic mass is 10.0. The third-order valence-electron chi connectivity index (χ3n) is 6.33. The maximum absolute atomic E-state index is 15.0. The Morgan fingerprint density at radius 2 is 1.81 bits per heavy atom. The molecule has 2 aromatic carbocycles. The molecule has 4 amide bonds. The number of halogens is 1. The van der Waals surface area contributed by atoms with Crippen LogP contribution in [0.1, 0.15) is 33.3 Å². The van der Waals surface area contributed by atoms with Gasteiger partial charge in [0, 0.05) is 19.0 Å².